The Morgan fingerprint density at radius 2 is 1.86 bits per heavy atom. The lowest BCUT2D eigenvalue weighted by atomic mass is 9.95. The van der Waals surface area contributed by atoms with E-state index in [9.17, 15) is 4.79 Å². The summed E-state index contributed by atoms with van der Waals surface area (Å²) in [4.78, 5) is 14.0. The Labute approximate surface area is 135 Å². The van der Waals surface area contributed by atoms with Gasteiger partial charge in [-0.2, -0.15) is 11.8 Å². The molecule has 0 aromatic rings. The van der Waals surface area contributed by atoms with Crippen LogP contribution in [0.1, 0.15) is 53.9 Å². The first-order valence-electron chi connectivity index (χ1n) is 8.32. The van der Waals surface area contributed by atoms with Gasteiger partial charge in [-0.15, -0.1) is 0 Å². The lowest BCUT2D eigenvalue weighted by molar-refractivity contribution is -0.135. The summed E-state index contributed by atoms with van der Waals surface area (Å²) >= 11 is 1.94. The van der Waals surface area contributed by atoms with Crippen LogP contribution in [0.5, 0.6) is 0 Å². The van der Waals surface area contributed by atoms with Crippen molar-refractivity contribution < 1.29 is 4.79 Å². The molecule has 0 bridgehead atoms. The van der Waals surface area contributed by atoms with Crippen LogP contribution < -0.4 is 5.32 Å². The fourth-order valence-corrected chi connectivity index (χ4v) is 3.40. The Bertz CT molecular complexity index is 323. The Balaban J connectivity index is 2.26. The molecular formula is C17H34N2OS. The zero-order valence-corrected chi connectivity index (χ0v) is 15.6. The molecule has 0 aromatic heterocycles. The van der Waals surface area contributed by atoms with Crippen LogP contribution in [0.3, 0.4) is 0 Å². The van der Waals surface area contributed by atoms with Crippen LogP contribution in [0.15, 0.2) is 0 Å². The number of nitrogens with zero attached hydrogens (tertiary/aromatic N) is 1. The van der Waals surface area contributed by atoms with E-state index >= 15 is 0 Å². The van der Waals surface area contributed by atoms with Crippen LogP contribution in [0, 0.1) is 11.8 Å². The van der Waals surface area contributed by atoms with E-state index in [-0.39, 0.29) is 5.92 Å². The summed E-state index contributed by atoms with van der Waals surface area (Å²) in [6, 6.07) is 0.558. The Morgan fingerprint density at radius 1 is 1.29 bits per heavy atom. The third-order valence-electron chi connectivity index (χ3n) is 4.53. The quantitative estimate of drug-likeness (QED) is 0.782. The molecule has 124 valence electrons. The number of amides is 1. The lowest BCUT2D eigenvalue weighted by Gasteiger charge is -2.34. The number of rotatable bonds is 7. The number of likely N-dealkylation sites (tertiary alicyclic amines) is 1. The predicted molar refractivity (Wildman–Crippen MR) is 93.8 cm³/mol. The fraction of sp³-hybridized carbons (Fsp3) is 0.941. The molecule has 0 saturated carbocycles. The topological polar surface area (TPSA) is 32.3 Å². The van der Waals surface area contributed by atoms with Gasteiger partial charge >= 0.3 is 0 Å². The van der Waals surface area contributed by atoms with Gasteiger partial charge in [0.25, 0.3) is 0 Å². The van der Waals surface area contributed by atoms with Crippen LogP contribution in [-0.4, -0.2) is 47.5 Å². The summed E-state index contributed by atoms with van der Waals surface area (Å²) in [5, 5.41) is 3.69. The van der Waals surface area contributed by atoms with Gasteiger partial charge in [0.1, 0.15) is 0 Å². The van der Waals surface area contributed by atoms with Crippen molar-refractivity contribution in [2.45, 2.75) is 64.7 Å². The van der Waals surface area contributed by atoms with Gasteiger partial charge < -0.3 is 10.2 Å². The second-order valence-electron chi connectivity index (χ2n) is 7.40. The monoisotopic (exact) mass is 314 g/mol. The van der Waals surface area contributed by atoms with Crippen molar-refractivity contribution in [3.05, 3.63) is 0 Å². The van der Waals surface area contributed by atoms with Gasteiger partial charge in [-0.1, -0.05) is 27.7 Å². The average Bonchev–Trinajstić information content (AvgIpc) is 2.44. The maximum atomic E-state index is 12.0. The lowest BCUT2D eigenvalue weighted by Crippen LogP contribution is -2.43. The number of thioether (sulfide) groups is 1. The average molecular weight is 315 g/mol. The zero-order valence-electron chi connectivity index (χ0n) is 14.7. The molecule has 21 heavy (non-hydrogen) atoms. The van der Waals surface area contributed by atoms with Crippen molar-refractivity contribution in [2.75, 3.05) is 25.9 Å². The van der Waals surface area contributed by atoms with Crippen molar-refractivity contribution in [1.29, 1.82) is 0 Å². The summed E-state index contributed by atoms with van der Waals surface area (Å²) in [7, 11) is 0. The fourth-order valence-electron chi connectivity index (χ4n) is 2.98. The van der Waals surface area contributed by atoms with Crippen LogP contribution >= 0.6 is 11.8 Å². The van der Waals surface area contributed by atoms with Crippen LogP contribution in [0.25, 0.3) is 0 Å². The van der Waals surface area contributed by atoms with Gasteiger partial charge in [0.15, 0.2) is 0 Å². The highest BCUT2D eigenvalue weighted by Gasteiger charge is 2.25. The molecular weight excluding hydrogens is 280 g/mol. The molecule has 0 spiro atoms. The van der Waals surface area contributed by atoms with E-state index in [1.165, 1.54) is 6.42 Å². The number of hydrogen-bond donors (Lipinski definition) is 1. The van der Waals surface area contributed by atoms with E-state index in [0.717, 1.165) is 38.4 Å². The van der Waals surface area contributed by atoms with Crippen molar-refractivity contribution in [1.82, 2.24) is 10.2 Å². The highest BCUT2D eigenvalue weighted by molar-refractivity contribution is 7.99. The summed E-state index contributed by atoms with van der Waals surface area (Å²) < 4.78 is 0.347. The van der Waals surface area contributed by atoms with E-state index in [1.54, 1.807) is 0 Å². The van der Waals surface area contributed by atoms with E-state index < -0.39 is 0 Å². The first kappa shape index (κ1) is 18.8. The van der Waals surface area contributed by atoms with Gasteiger partial charge in [-0.3, -0.25) is 4.79 Å². The SMILES string of the molecule is CSC(C)(C)C[C@H](C)NCC1CCN(C(=O)C(C)C)CC1. The number of carbonyl (C=O) groups excluding carboxylic acids is 1. The van der Waals surface area contributed by atoms with Gasteiger partial charge in [-0.05, 0) is 44.9 Å². The summed E-state index contributed by atoms with van der Waals surface area (Å²) in [5.41, 5.74) is 0. The highest BCUT2D eigenvalue weighted by atomic mass is 32.2. The first-order chi connectivity index (χ1) is 9.75. The molecule has 3 nitrogen and oxygen atoms in total. The highest BCUT2D eigenvalue weighted by Crippen LogP contribution is 2.27. The van der Waals surface area contributed by atoms with E-state index in [0.29, 0.717) is 16.7 Å². The molecule has 1 rings (SSSR count). The minimum Gasteiger partial charge on any atom is -0.342 e. The second-order valence-corrected chi connectivity index (χ2v) is 8.91. The number of nitrogens with one attached hydrogen (secondary N) is 1. The molecule has 1 heterocycles. The van der Waals surface area contributed by atoms with Gasteiger partial charge in [0.05, 0.1) is 0 Å². The maximum absolute atomic E-state index is 12.0. The van der Waals surface area contributed by atoms with E-state index in [1.807, 2.05) is 30.5 Å². The van der Waals surface area contributed by atoms with Gasteiger partial charge in [0, 0.05) is 29.8 Å². The third-order valence-corrected chi connectivity index (χ3v) is 5.80. The minimum absolute atomic E-state index is 0.133. The molecule has 1 fully saturated rings. The van der Waals surface area contributed by atoms with E-state index in [4.69, 9.17) is 0 Å². The Morgan fingerprint density at radius 3 is 2.33 bits per heavy atom. The Hall–Kier alpha value is -0.220. The van der Waals surface area contributed by atoms with Gasteiger partial charge in [-0.25, -0.2) is 0 Å². The molecule has 1 amide bonds. The predicted octanol–water partition coefficient (Wildman–Crippen LogP) is 3.39. The molecule has 1 N–H and O–H groups in total. The molecule has 1 aliphatic rings. The molecule has 4 heteroatoms. The van der Waals surface area contributed by atoms with Crippen molar-refractivity contribution >= 4 is 17.7 Å². The van der Waals surface area contributed by atoms with Crippen LogP contribution in [0.4, 0.5) is 0 Å². The molecule has 0 unspecified atom stereocenters. The summed E-state index contributed by atoms with van der Waals surface area (Å²) in [6.45, 7) is 13.9. The van der Waals surface area contributed by atoms with Crippen LogP contribution in [-0.2, 0) is 4.79 Å². The van der Waals surface area contributed by atoms with E-state index in [2.05, 4.69) is 32.3 Å². The smallest absolute Gasteiger partial charge is 0.225 e. The number of piperidine rings is 1. The summed E-state index contributed by atoms with van der Waals surface area (Å²) in [6.07, 6.45) is 5.67. The third kappa shape index (κ3) is 6.60. The molecule has 1 atom stereocenters. The standard InChI is InChI=1S/C17H34N2OS/c1-13(2)16(20)19-9-7-15(8-10-19)12-18-14(3)11-17(4,5)21-6/h13-15,18H,7-12H2,1-6H3/t14-/m0/s1. The first-order valence-corrected chi connectivity index (χ1v) is 9.55. The summed E-state index contributed by atoms with van der Waals surface area (Å²) in [5.74, 6) is 1.17. The minimum atomic E-state index is 0.133. The normalized spacial score (nSPS) is 19.1. The van der Waals surface area contributed by atoms with Crippen molar-refractivity contribution in [3.8, 4) is 0 Å². The number of carbonyl (C=O) groups is 1. The molecule has 0 aliphatic carbocycles. The van der Waals surface area contributed by atoms with Gasteiger partial charge in [0.2, 0.25) is 5.91 Å². The maximum Gasteiger partial charge on any atom is 0.225 e. The molecule has 1 saturated heterocycles. The molecule has 0 aromatic carbocycles. The van der Waals surface area contributed by atoms with Crippen molar-refractivity contribution in [3.63, 3.8) is 0 Å². The van der Waals surface area contributed by atoms with Crippen molar-refractivity contribution in [2.24, 2.45) is 11.8 Å². The second kappa shape index (κ2) is 8.42. The van der Waals surface area contributed by atoms with Crippen LogP contribution in [0.2, 0.25) is 0 Å². The Kier molecular flexibility index (Phi) is 7.55. The zero-order chi connectivity index (χ0) is 16.0. The largest absolute Gasteiger partial charge is 0.342 e. The number of hydrogen-bond acceptors (Lipinski definition) is 3. The molecule has 0 radical (unpaired) electrons. The molecule has 1 aliphatic heterocycles.